The molecule has 0 heterocycles. The molecule has 0 nitrogen and oxygen atoms in total. The topological polar surface area (TPSA) is 0 Å². The standard InChI is InChI=1S/C25H21.C21H17.2CH3.2ClH.Si.Zr/c1-2-8-18(9-3-1)21-16-20-12-7-15-24(25(20)17-21)23-14-6-11-19-10-4-5-13-22(19)23;1-14-12-20-15(2)10-11-19(21(20)13-14)18-9-5-7-16-6-3-4-8-17(16)18;;;;;;/h1-2,4-7,10-18H,3,8-9H2;3-13H,1-2H3;2*1H3;2*1H;;/q4*-1;;;;. The quantitative estimate of drug-likeness (QED) is 0.0947. The summed E-state index contributed by atoms with van der Waals surface area (Å²) in [6.45, 7) is 7.42. The van der Waals surface area contributed by atoms with E-state index in [0.717, 1.165) is 0 Å². The van der Waals surface area contributed by atoms with Crippen molar-refractivity contribution in [2.24, 2.45) is 0 Å². The molecular weight excluding hydrogens is 767 g/mol. The fourth-order valence-corrected chi connectivity index (χ4v) is 7.57. The molecule has 8 aromatic carbocycles. The van der Waals surface area contributed by atoms with Crippen molar-refractivity contribution in [3.63, 3.8) is 0 Å². The van der Waals surface area contributed by atoms with E-state index in [2.05, 4.69) is 172 Å². The number of allylic oxidation sites excluding steroid dienone is 2. The second kappa shape index (κ2) is 19.5. The van der Waals surface area contributed by atoms with Crippen LogP contribution in [0.5, 0.6) is 0 Å². The first-order valence-corrected chi connectivity index (χ1v) is 21.0. The molecule has 9 rings (SSSR count). The van der Waals surface area contributed by atoms with E-state index in [1.54, 1.807) is 0 Å². The van der Waals surface area contributed by atoms with Gasteiger partial charge in [0.1, 0.15) is 0 Å². The number of halogens is 2. The second-order valence-corrected chi connectivity index (χ2v) is 12.9. The Balaban J connectivity index is 0.000000252. The summed E-state index contributed by atoms with van der Waals surface area (Å²) in [4.78, 5) is 0. The van der Waals surface area contributed by atoms with Gasteiger partial charge < -0.3 is 14.9 Å². The SMILES string of the molecule is C1=CCC(c2cc3c(-c4cccc5ccccc45)cccc3[cH-]2)CC1.Cc1cc2c(-c3cccc4ccccc34)ccc(C)c2[cH-]1.Cl.Cl.[CH3-].[CH3-].[Si]=[Zr]. The van der Waals surface area contributed by atoms with Crippen LogP contribution in [0.15, 0.2) is 152 Å². The van der Waals surface area contributed by atoms with Gasteiger partial charge in [-0.1, -0.05) is 134 Å². The zero-order chi connectivity index (χ0) is 33.0. The van der Waals surface area contributed by atoms with Crippen LogP contribution in [0.1, 0.15) is 41.9 Å². The molecule has 1 unspecified atom stereocenters. The van der Waals surface area contributed by atoms with Crippen LogP contribution in [-0.4, -0.2) is 6.88 Å². The predicted molar refractivity (Wildman–Crippen MR) is 233 cm³/mol. The number of hydrogen-bond donors (Lipinski definition) is 0. The van der Waals surface area contributed by atoms with Gasteiger partial charge in [-0.25, -0.2) is 0 Å². The average molecular weight is 813 g/mol. The Morgan fingerprint density at radius 1 is 0.558 bits per heavy atom. The molecule has 264 valence electrons. The zero-order valence-corrected chi connectivity index (χ0v) is 35.5. The first kappa shape index (κ1) is 42.9. The number of fused-ring (bicyclic) bond motifs is 4. The van der Waals surface area contributed by atoms with Crippen molar-refractivity contribution in [1.82, 2.24) is 0 Å². The summed E-state index contributed by atoms with van der Waals surface area (Å²) in [5.41, 5.74) is 9.54. The Morgan fingerprint density at radius 3 is 1.69 bits per heavy atom. The van der Waals surface area contributed by atoms with Gasteiger partial charge in [0.05, 0.1) is 0 Å². The molecule has 1 aliphatic carbocycles. The predicted octanol–water partition coefficient (Wildman–Crippen LogP) is 14.6. The van der Waals surface area contributed by atoms with Gasteiger partial charge in [0.15, 0.2) is 0 Å². The number of aryl methyl sites for hydroxylation is 2. The van der Waals surface area contributed by atoms with Crippen LogP contribution < -0.4 is 0 Å². The third kappa shape index (κ3) is 8.64. The number of benzene rings is 6. The van der Waals surface area contributed by atoms with E-state index in [-0.39, 0.29) is 39.7 Å². The molecule has 0 saturated heterocycles. The van der Waals surface area contributed by atoms with Gasteiger partial charge in [0.25, 0.3) is 0 Å². The minimum atomic E-state index is 0. The molecule has 0 saturated carbocycles. The van der Waals surface area contributed by atoms with Crippen LogP contribution in [0.3, 0.4) is 0 Å². The molecule has 8 aromatic rings. The molecular formula is C48H46Cl2SiZr-4. The Labute approximate surface area is 340 Å². The summed E-state index contributed by atoms with van der Waals surface area (Å²) in [7, 11) is 0. The van der Waals surface area contributed by atoms with Crippen LogP contribution in [0, 0.1) is 28.7 Å². The molecule has 52 heavy (non-hydrogen) atoms. The van der Waals surface area contributed by atoms with Crippen molar-refractivity contribution < 1.29 is 23.3 Å². The molecule has 0 fully saturated rings. The third-order valence-corrected chi connectivity index (χ3v) is 9.92. The molecule has 0 amide bonds. The van der Waals surface area contributed by atoms with Gasteiger partial charge in [-0.2, -0.15) is 12.1 Å². The molecule has 0 aliphatic heterocycles. The molecule has 0 spiro atoms. The number of hydrogen-bond acceptors (Lipinski definition) is 0. The molecule has 0 bridgehead atoms. The summed E-state index contributed by atoms with van der Waals surface area (Å²) in [5.74, 6) is 0.678. The number of rotatable bonds is 3. The van der Waals surface area contributed by atoms with Crippen LogP contribution in [0.4, 0.5) is 0 Å². The van der Waals surface area contributed by atoms with Crippen molar-refractivity contribution in [2.75, 3.05) is 0 Å². The summed E-state index contributed by atoms with van der Waals surface area (Å²) in [6, 6.07) is 51.2. The monoisotopic (exact) mass is 810 g/mol. The third-order valence-electron chi connectivity index (χ3n) is 9.92. The maximum atomic E-state index is 3.06. The van der Waals surface area contributed by atoms with Crippen LogP contribution in [-0.2, 0) is 23.3 Å². The van der Waals surface area contributed by atoms with Crippen LogP contribution in [0.2, 0.25) is 0 Å². The van der Waals surface area contributed by atoms with E-state index >= 15 is 0 Å². The summed E-state index contributed by atoms with van der Waals surface area (Å²) in [6.07, 6.45) is 8.33. The average Bonchev–Trinajstić information content (AvgIpc) is 3.77. The molecule has 1 atom stereocenters. The van der Waals surface area contributed by atoms with Crippen LogP contribution >= 0.6 is 24.8 Å². The molecule has 1 aliphatic rings. The fraction of sp³-hybridized carbons (Fsp3) is 0.125. The summed E-state index contributed by atoms with van der Waals surface area (Å²) in [5, 5.41) is 10.8. The van der Waals surface area contributed by atoms with E-state index in [0.29, 0.717) is 5.92 Å². The fourth-order valence-electron chi connectivity index (χ4n) is 7.57. The first-order chi connectivity index (χ1) is 23.6. The van der Waals surface area contributed by atoms with Crippen LogP contribution in [0.25, 0.3) is 65.3 Å². The normalized spacial score (nSPS) is 13.0. The van der Waals surface area contributed by atoms with Gasteiger partial charge >= 0.3 is 30.2 Å². The minimum absolute atomic E-state index is 0. The Morgan fingerprint density at radius 2 is 1.10 bits per heavy atom. The van der Waals surface area contributed by atoms with Gasteiger partial charge in [-0.05, 0) is 57.9 Å². The van der Waals surface area contributed by atoms with Crippen molar-refractivity contribution in [3.05, 3.63) is 183 Å². The maximum absolute atomic E-state index is 3.06. The van der Waals surface area contributed by atoms with Gasteiger partial charge in [-0.3, -0.25) is 0 Å². The van der Waals surface area contributed by atoms with Gasteiger partial charge in [-0.15, -0.1) is 93.4 Å². The summed E-state index contributed by atoms with van der Waals surface area (Å²) < 4.78 is 0. The van der Waals surface area contributed by atoms with E-state index in [4.69, 9.17) is 0 Å². The Kier molecular flexibility index (Phi) is 16.1. The molecule has 4 heteroatoms. The zero-order valence-electron chi connectivity index (χ0n) is 30.4. The first-order valence-electron chi connectivity index (χ1n) is 16.9. The van der Waals surface area contributed by atoms with E-state index in [1.807, 2.05) is 0 Å². The molecule has 0 N–H and O–H groups in total. The van der Waals surface area contributed by atoms with Gasteiger partial charge in [0, 0.05) is 0 Å². The summed E-state index contributed by atoms with van der Waals surface area (Å²) >= 11 is 1.36. The van der Waals surface area contributed by atoms with Gasteiger partial charge in [0.2, 0.25) is 0 Å². The molecule has 2 radical (unpaired) electrons. The van der Waals surface area contributed by atoms with Crippen molar-refractivity contribution in [3.8, 4) is 22.3 Å². The van der Waals surface area contributed by atoms with Crippen molar-refractivity contribution in [2.45, 2.75) is 39.0 Å². The Hall–Kier alpha value is -3.52. The van der Waals surface area contributed by atoms with E-state index < -0.39 is 0 Å². The van der Waals surface area contributed by atoms with E-state index in [1.165, 1.54) is 125 Å². The molecule has 0 aromatic heterocycles. The van der Waals surface area contributed by atoms with Crippen molar-refractivity contribution >= 4 is 74.8 Å². The second-order valence-electron chi connectivity index (χ2n) is 12.9. The van der Waals surface area contributed by atoms with E-state index in [9.17, 15) is 0 Å². The Bertz CT molecular complexity index is 2400. The van der Waals surface area contributed by atoms with Crippen molar-refractivity contribution in [1.29, 1.82) is 0 Å².